The molecule has 2 aromatic rings. The molecule has 1 N–H and O–H groups in total. The van der Waals surface area contributed by atoms with Crippen molar-refractivity contribution in [1.29, 1.82) is 0 Å². The van der Waals surface area contributed by atoms with Gasteiger partial charge < -0.3 is 10.2 Å². The van der Waals surface area contributed by atoms with Crippen molar-refractivity contribution < 1.29 is 0 Å². The molecule has 84 valence electrons. The second-order valence-corrected chi connectivity index (χ2v) is 5.12. The predicted molar refractivity (Wildman–Crippen MR) is 71.5 cm³/mol. The Morgan fingerprint density at radius 1 is 1.12 bits per heavy atom. The number of nitrogens with one attached hydrogen (secondary N) is 1. The van der Waals surface area contributed by atoms with Gasteiger partial charge in [-0.1, -0.05) is 12.1 Å². The first kappa shape index (κ1) is 10.1. The van der Waals surface area contributed by atoms with Gasteiger partial charge in [-0.25, -0.2) is 0 Å². The summed E-state index contributed by atoms with van der Waals surface area (Å²) in [6.45, 7) is 4.54. The number of nitrogens with zero attached hydrogens (tertiary/aromatic N) is 1. The highest BCUT2D eigenvalue weighted by molar-refractivity contribution is 7.17. The molecule has 0 amide bonds. The number of anilines is 1. The lowest BCUT2D eigenvalue weighted by molar-refractivity contribution is 0.724. The fraction of sp³-hybridized carbons (Fsp3) is 0.385. The van der Waals surface area contributed by atoms with Crippen LogP contribution in [0.25, 0.3) is 10.1 Å². The summed E-state index contributed by atoms with van der Waals surface area (Å²) in [5, 5.41) is 7.01. The van der Waals surface area contributed by atoms with Gasteiger partial charge in [0, 0.05) is 19.6 Å². The minimum Gasteiger partial charge on any atom is -0.369 e. The molecule has 1 aromatic carbocycles. The van der Waals surface area contributed by atoms with Crippen LogP contribution in [0.4, 0.5) is 5.69 Å². The van der Waals surface area contributed by atoms with Crippen LogP contribution in [0.2, 0.25) is 0 Å². The summed E-state index contributed by atoms with van der Waals surface area (Å²) < 4.78 is 1.43. The van der Waals surface area contributed by atoms with Crippen molar-refractivity contribution in [2.45, 2.75) is 6.42 Å². The number of rotatable bonds is 1. The first-order chi connectivity index (χ1) is 7.95. The molecule has 0 unspecified atom stereocenters. The summed E-state index contributed by atoms with van der Waals surface area (Å²) in [5.41, 5.74) is 1.41. The Kier molecular flexibility index (Phi) is 2.80. The third-order valence-electron chi connectivity index (χ3n) is 3.14. The van der Waals surface area contributed by atoms with E-state index in [-0.39, 0.29) is 0 Å². The highest BCUT2D eigenvalue weighted by Crippen LogP contribution is 2.31. The van der Waals surface area contributed by atoms with Gasteiger partial charge in [0.25, 0.3) is 0 Å². The summed E-state index contributed by atoms with van der Waals surface area (Å²) in [6, 6.07) is 8.83. The van der Waals surface area contributed by atoms with Crippen LogP contribution in [0, 0.1) is 0 Å². The molecule has 0 spiro atoms. The molecule has 1 aliphatic heterocycles. The van der Waals surface area contributed by atoms with Crippen molar-refractivity contribution >= 4 is 27.1 Å². The third kappa shape index (κ3) is 1.81. The number of hydrogen-bond acceptors (Lipinski definition) is 3. The van der Waals surface area contributed by atoms with Crippen LogP contribution < -0.4 is 10.2 Å². The van der Waals surface area contributed by atoms with Crippen molar-refractivity contribution in [3.8, 4) is 0 Å². The van der Waals surface area contributed by atoms with Crippen LogP contribution in [0.1, 0.15) is 6.42 Å². The highest BCUT2D eigenvalue weighted by atomic mass is 32.1. The van der Waals surface area contributed by atoms with Gasteiger partial charge in [-0.05, 0) is 35.9 Å². The van der Waals surface area contributed by atoms with Gasteiger partial charge in [-0.3, -0.25) is 0 Å². The van der Waals surface area contributed by atoms with E-state index in [1.807, 2.05) is 11.3 Å². The van der Waals surface area contributed by atoms with E-state index in [4.69, 9.17) is 0 Å². The predicted octanol–water partition coefficient (Wildman–Crippen LogP) is 2.70. The fourth-order valence-electron chi connectivity index (χ4n) is 2.31. The molecule has 2 nitrogen and oxygen atoms in total. The molecule has 0 radical (unpaired) electrons. The number of benzene rings is 1. The van der Waals surface area contributed by atoms with E-state index in [2.05, 4.69) is 39.9 Å². The Bertz CT molecular complexity index is 469. The van der Waals surface area contributed by atoms with E-state index in [9.17, 15) is 0 Å². The van der Waals surface area contributed by atoms with Gasteiger partial charge in [0.2, 0.25) is 0 Å². The Balaban J connectivity index is 2.00. The first-order valence-corrected chi connectivity index (χ1v) is 6.75. The summed E-state index contributed by atoms with van der Waals surface area (Å²) in [6.07, 6.45) is 1.24. The fourth-order valence-corrected chi connectivity index (χ4v) is 3.25. The molecule has 1 fully saturated rings. The average molecular weight is 232 g/mol. The standard InChI is InChI=1S/C13H16N2S/c1-3-11-5-10-16-13(11)12(4-1)15-8-2-6-14-7-9-15/h1,3-5,10,14H,2,6-9H2. The monoisotopic (exact) mass is 232 g/mol. The Hall–Kier alpha value is -1.06. The first-order valence-electron chi connectivity index (χ1n) is 5.87. The second-order valence-electron chi connectivity index (χ2n) is 4.21. The average Bonchev–Trinajstić information content (AvgIpc) is 2.63. The van der Waals surface area contributed by atoms with Gasteiger partial charge >= 0.3 is 0 Å². The van der Waals surface area contributed by atoms with E-state index < -0.39 is 0 Å². The lowest BCUT2D eigenvalue weighted by Crippen LogP contribution is -2.27. The summed E-state index contributed by atoms with van der Waals surface area (Å²) in [5.74, 6) is 0. The van der Waals surface area contributed by atoms with Gasteiger partial charge in [0.1, 0.15) is 0 Å². The Labute approximate surface area is 99.9 Å². The van der Waals surface area contributed by atoms with Crippen molar-refractivity contribution in [3.63, 3.8) is 0 Å². The zero-order valence-electron chi connectivity index (χ0n) is 9.28. The van der Waals surface area contributed by atoms with Crippen LogP contribution >= 0.6 is 11.3 Å². The molecule has 0 aliphatic carbocycles. The molecule has 1 aromatic heterocycles. The molecular weight excluding hydrogens is 216 g/mol. The van der Waals surface area contributed by atoms with Crippen LogP contribution in [0.15, 0.2) is 29.6 Å². The van der Waals surface area contributed by atoms with Crippen LogP contribution in [-0.2, 0) is 0 Å². The van der Waals surface area contributed by atoms with Gasteiger partial charge in [0.05, 0.1) is 10.4 Å². The van der Waals surface area contributed by atoms with Gasteiger partial charge in [-0.2, -0.15) is 0 Å². The molecule has 0 bridgehead atoms. The maximum atomic E-state index is 3.45. The molecule has 0 saturated carbocycles. The number of fused-ring (bicyclic) bond motifs is 1. The number of thiophene rings is 1. The van der Waals surface area contributed by atoms with E-state index in [1.54, 1.807) is 0 Å². The zero-order chi connectivity index (χ0) is 10.8. The molecule has 16 heavy (non-hydrogen) atoms. The molecule has 1 aliphatic rings. The van der Waals surface area contributed by atoms with E-state index >= 15 is 0 Å². The minimum absolute atomic E-state index is 1.10. The quantitative estimate of drug-likeness (QED) is 0.813. The minimum atomic E-state index is 1.10. The SMILES string of the molecule is c1cc(N2CCCNCC2)c2sccc2c1. The van der Waals surface area contributed by atoms with Gasteiger partial charge in [0.15, 0.2) is 0 Å². The van der Waals surface area contributed by atoms with Gasteiger partial charge in [-0.15, -0.1) is 11.3 Å². The van der Waals surface area contributed by atoms with Crippen LogP contribution in [0.3, 0.4) is 0 Å². The summed E-state index contributed by atoms with van der Waals surface area (Å²) in [4.78, 5) is 2.51. The topological polar surface area (TPSA) is 15.3 Å². The molecular formula is C13H16N2S. The maximum absolute atomic E-state index is 3.45. The maximum Gasteiger partial charge on any atom is 0.0576 e. The normalized spacial score (nSPS) is 17.6. The summed E-state index contributed by atoms with van der Waals surface area (Å²) in [7, 11) is 0. The Morgan fingerprint density at radius 3 is 3.12 bits per heavy atom. The van der Waals surface area contributed by atoms with E-state index in [0.717, 1.165) is 19.6 Å². The molecule has 2 heterocycles. The Morgan fingerprint density at radius 2 is 2.12 bits per heavy atom. The molecule has 0 atom stereocenters. The van der Waals surface area contributed by atoms with Crippen molar-refractivity contribution in [2.24, 2.45) is 0 Å². The smallest absolute Gasteiger partial charge is 0.0576 e. The molecule has 3 rings (SSSR count). The summed E-state index contributed by atoms with van der Waals surface area (Å²) >= 11 is 1.85. The van der Waals surface area contributed by atoms with Crippen molar-refractivity contribution in [2.75, 3.05) is 31.1 Å². The molecule has 3 heteroatoms. The van der Waals surface area contributed by atoms with E-state index in [1.165, 1.54) is 28.7 Å². The van der Waals surface area contributed by atoms with E-state index in [0.29, 0.717) is 0 Å². The lowest BCUT2D eigenvalue weighted by Gasteiger charge is -2.22. The largest absolute Gasteiger partial charge is 0.369 e. The van der Waals surface area contributed by atoms with Crippen molar-refractivity contribution in [3.05, 3.63) is 29.6 Å². The second kappa shape index (κ2) is 4.44. The zero-order valence-corrected chi connectivity index (χ0v) is 10.1. The third-order valence-corrected chi connectivity index (χ3v) is 4.09. The van der Waals surface area contributed by atoms with Crippen LogP contribution in [0.5, 0.6) is 0 Å². The lowest BCUT2D eigenvalue weighted by atomic mass is 10.2. The highest BCUT2D eigenvalue weighted by Gasteiger charge is 2.12. The molecule has 1 saturated heterocycles. The number of hydrogen-bond donors (Lipinski definition) is 1. The van der Waals surface area contributed by atoms with Crippen LogP contribution in [-0.4, -0.2) is 26.2 Å². The van der Waals surface area contributed by atoms with Crippen molar-refractivity contribution in [1.82, 2.24) is 5.32 Å².